The molecule has 1 atom stereocenters. The summed E-state index contributed by atoms with van der Waals surface area (Å²) >= 11 is 0. The van der Waals surface area contributed by atoms with Crippen molar-refractivity contribution in [2.75, 3.05) is 0 Å². The summed E-state index contributed by atoms with van der Waals surface area (Å²) in [5, 5.41) is 0. The number of nitrogens with two attached hydrogens (primary N) is 1. The molecule has 0 aliphatic carbocycles. The van der Waals surface area contributed by atoms with Crippen molar-refractivity contribution in [3.63, 3.8) is 0 Å². The second-order valence-corrected chi connectivity index (χ2v) is 4.35. The van der Waals surface area contributed by atoms with Gasteiger partial charge in [0.25, 0.3) is 0 Å². The number of nitrogens with zero attached hydrogens (tertiary/aromatic N) is 3. The summed E-state index contributed by atoms with van der Waals surface area (Å²) in [6.07, 6.45) is 12.0. The van der Waals surface area contributed by atoms with Gasteiger partial charge in [-0.1, -0.05) is 6.92 Å². The Balaban J connectivity index is 1.81. The summed E-state index contributed by atoms with van der Waals surface area (Å²) in [6.45, 7) is 4.14. The zero-order valence-corrected chi connectivity index (χ0v) is 10.3. The van der Waals surface area contributed by atoms with Crippen molar-refractivity contribution < 1.29 is 0 Å². The molecular weight excluding hydrogens is 212 g/mol. The van der Waals surface area contributed by atoms with Crippen LogP contribution in [-0.4, -0.2) is 14.1 Å². The van der Waals surface area contributed by atoms with Crippen LogP contribution in [0.15, 0.2) is 37.2 Å². The van der Waals surface area contributed by atoms with Crippen molar-refractivity contribution in [2.24, 2.45) is 5.73 Å². The smallest absolute Gasteiger partial charge is 0.0945 e. The molecule has 0 bridgehead atoms. The third-order valence-electron chi connectivity index (χ3n) is 3.03. The molecular formula is C13H20N4. The average Bonchev–Trinajstić information content (AvgIpc) is 2.99. The van der Waals surface area contributed by atoms with Gasteiger partial charge in [-0.3, -0.25) is 0 Å². The van der Waals surface area contributed by atoms with E-state index in [1.165, 1.54) is 5.56 Å². The summed E-state index contributed by atoms with van der Waals surface area (Å²) in [4.78, 5) is 4.03. The van der Waals surface area contributed by atoms with E-state index in [0.29, 0.717) is 0 Å². The second-order valence-electron chi connectivity index (χ2n) is 4.35. The molecule has 4 nitrogen and oxygen atoms in total. The van der Waals surface area contributed by atoms with E-state index in [1.807, 2.05) is 18.7 Å². The number of hydrogen-bond acceptors (Lipinski definition) is 2. The minimum atomic E-state index is 0.171. The van der Waals surface area contributed by atoms with Crippen LogP contribution in [0.5, 0.6) is 0 Å². The fourth-order valence-electron chi connectivity index (χ4n) is 1.91. The van der Waals surface area contributed by atoms with E-state index in [9.17, 15) is 0 Å². The van der Waals surface area contributed by atoms with Gasteiger partial charge in [0.1, 0.15) is 0 Å². The third-order valence-corrected chi connectivity index (χ3v) is 3.03. The fourth-order valence-corrected chi connectivity index (χ4v) is 1.91. The molecule has 2 heterocycles. The van der Waals surface area contributed by atoms with E-state index >= 15 is 0 Å². The first-order valence-corrected chi connectivity index (χ1v) is 6.16. The molecule has 17 heavy (non-hydrogen) atoms. The fraction of sp³-hybridized carbons (Fsp3) is 0.462. The van der Waals surface area contributed by atoms with Gasteiger partial charge in [0.2, 0.25) is 0 Å². The predicted octanol–water partition coefficient (Wildman–Crippen LogP) is 2.18. The molecule has 0 aromatic carbocycles. The first-order chi connectivity index (χ1) is 8.29. The number of rotatable bonds is 6. The number of aryl methyl sites for hydroxylation is 2. The molecule has 0 aliphatic heterocycles. The zero-order valence-electron chi connectivity index (χ0n) is 10.3. The molecule has 0 spiro atoms. The first kappa shape index (κ1) is 11.9. The summed E-state index contributed by atoms with van der Waals surface area (Å²) in [6, 6.07) is 2.29. The molecule has 0 aliphatic rings. The minimum absolute atomic E-state index is 0.171. The lowest BCUT2D eigenvalue weighted by Gasteiger charge is -2.06. The summed E-state index contributed by atoms with van der Waals surface area (Å²) < 4.78 is 4.31. The van der Waals surface area contributed by atoms with Crippen molar-refractivity contribution in [3.8, 4) is 0 Å². The van der Waals surface area contributed by atoms with Crippen LogP contribution in [0.4, 0.5) is 0 Å². The lowest BCUT2D eigenvalue weighted by atomic mass is 10.1. The standard InChI is InChI=1S/C13H20N4/c1-2-13(14)12-4-8-16(10-12)6-3-7-17-9-5-15-11-17/h4-5,8-11,13H,2-3,6-7,14H2,1H3. The van der Waals surface area contributed by atoms with Gasteiger partial charge in [-0.2, -0.15) is 0 Å². The van der Waals surface area contributed by atoms with E-state index in [-0.39, 0.29) is 6.04 Å². The van der Waals surface area contributed by atoms with Gasteiger partial charge in [-0.15, -0.1) is 0 Å². The molecule has 2 N–H and O–H groups in total. The van der Waals surface area contributed by atoms with Gasteiger partial charge in [0.15, 0.2) is 0 Å². The van der Waals surface area contributed by atoms with Crippen LogP contribution in [0.3, 0.4) is 0 Å². The molecule has 1 unspecified atom stereocenters. The van der Waals surface area contributed by atoms with Crippen LogP contribution in [-0.2, 0) is 13.1 Å². The monoisotopic (exact) mass is 232 g/mol. The van der Waals surface area contributed by atoms with Crippen molar-refractivity contribution in [3.05, 3.63) is 42.7 Å². The van der Waals surface area contributed by atoms with E-state index in [4.69, 9.17) is 5.73 Å². The summed E-state index contributed by atoms with van der Waals surface area (Å²) in [7, 11) is 0. The molecule has 0 saturated heterocycles. The van der Waals surface area contributed by atoms with Crippen LogP contribution in [0.1, 0.15) is 31.4 Å². The van der Waals surface area contributed by atoms with Gasteiger partial charge in [-0.25, -0.2) is 4.98 Å². The number of aromatic nitrogens is 3. The summed E-state index contributed by atoms with van der Waals surface area (Å²) in [5.74, 6) is 0. The van der Waals surface area contributed by atoms with Crippen molar-refractivity contribution in [1.82, 2.24) is 14.1 Å². The van der Waals surface area contributed by atoms with Crippen LogP contribution >= 0.6 is 0 Å². The average molecular weight is 232 g/mol. The quantitative estimate of drug-likeness (QED) is 0.830. The van der Waals surface area contributed by atoms with E-state index in [2.05, 4.69) is 39.5 Å². The highest BCUT2D eigenvalue weighted by atomic mass is 15.0. The maximum Gasteiger partial charge on any atom is 0.0945 e. The lowest BCUT2D eigenvalue weighted by molar-refractivity contribution is 0.563. The van der Waals surface area contributed by atoms with Gasteiger partial charge in [0, 0.05) is 43.9 Å². The molecule has 2 aromatic rings. The maximum absolute atomic E-state index is 5.99. The Morgan fingerprint density at radius 1 is 1.29 bits per heavy atom. The zero-order chi connectivity index (χ0) is 12.1. The maximum atomic E-state index is 5.99. The Hall–Kier alpha value is -1.55. The SMILES string of the molecule is CCC(N)c1ccn(CCCn2ccnc2)c1. The number of hydrogen-bond donors (Lipinski definition) is 1. The highest BCUT2D eigenvalue weighted by molar-refractivity contribution is 5.14. The van der Waals surface area contributed by atoms with Crippen molar-refractivity contribution >= 4 is 0 Å². The number of imidazole rings is 1. The minimum Gasteiger partial charge on any atom is -0.354 e. The van der Waals surface area contributed by atoms with Crippen LogP contribution in [0, 0.1) is 0 Å². The van der Waals surface area contributed by atoms with E-state index in [0.717, 1.165) is 25.9 Å². The van der Waals surface area contributed by atoms with Crippen molar-refractivity contribution in [1.29, 1.82) is 0 Å². The summed E-state index contributed by atoms with van der Waals surface area (Å²) in [5.41, 5.74) is 7.22. The van der Waals surface area contributed by atoms with Gasteiger partial charge in [-0.05, 0) is 24.5 Å². The Morgan fingerprint density at radius 3 is 2.82 bits per heavy atom. The molecule has 4 heteroatoms. The highest BCUT2D eigenvalue weighted by Gasteiger charge is 2.04. The topological polar surface area (TPSA) is 48.8 Å². The highest BCUT2D eigenvalue weighted by Crippen LogP contribution is 2.13. The van der Waals surface area contributed by atoms with E-state index < -0.39 is 0 Å². The Morgan fingerprint density at radius 2 is 2.12 bits per heavy atom. The van der Waals surface area contributed by atoms with Crippen LogP contribution in [0.25, 0.3) is 0 Å². The second kappa shape index (κ2) is 5.68. The van der Waals surface area contributed by atoms with Crippen LogP contribution < -0.4 is 5.73 Å². The normalized spacial score (nSPS) is 12.8. The Labute approximate surface area is 102 Å². The molecule has 0 radical (unpaired) electrons. The molecule has 2 rings (SSSR count). The lowest BCUT2D eigenvalue weighted by Crippen LogP contribution is -2.07. The third kappa shape index (κ3) is 3.20. The first-order valence-electron chi connectivity index (χ1n) is 6.16. The Kier molecular flexibility index (Phi) is 3.98. The van der Waals surface area contributed by atoms with Gasteiger partial charge in [0.05, 0.1) is 6.33 Å². The van der Waals surface area contributed by atoms with E-state index in [1.54, 1.807) is 0 Å². The molecule has 92 valence electrons. The molecule has 0 saturated carbocycles. The van der Waals surface area contributed by atoms with Crippen molar-refractivity contribution in [2.45, 2.75) is 38.9 Å². The Bertz CT molecular complexity index is 430. The van der Waals surface area contributed by atoms with Crippen LogP contribution in [0.2, 0.25) is 0 Å². The molecule has 0 fully saturated rings. The molecule has 2 aromatic heterocycles. The predicted molar refractivity (Wildman–Crippen MR) is 68.5 cm³/mol. The largest absolute Gasteiger partial charge is 0.354 e. The van der Waals surface area contributed by atoms with Gasteiger partial charge >= 0.3 is 0 Å². The van der Waals surface area contributed by atoms with Gasteiger partial charge < -0.3 is 14.9 Å². The molecule has 0 amide bonds.